The number of thiazole rings is 1. The Labute approximate surface area is 126 Å². The monoisotopic (exact) mass is 297 g/mol. The van der Waals surface area contributed by atoms with Crippen LogP contribution in [-0.4, -0.2) is 26.7 Å². The summed E-state index contributed by atoms with van der Waals surface area (Å²) in [7, 11) is 0. The maximum Gasteiger partial charge on any atom is 0.274 e. The second kappa shape index (κ2) is 4.70. The highest BCUT2D eigenvalue weighted by Crippen LogP contribution is 2.22. The number of hydrogen-bond donors (Lipinski definition) is 0. The number of benzene rings is 1. The van der Waals surface area contributed by atoms with Crippen LogP contribution in [0.5, 0.6) is 0 Å². The maximum atomic E-state index is 12.6. The van der Waals surface area contributed by atoms with Crippen LogP contribution in [-0.2, 0) is 13.0 Å². The molecule has 5 heteroatoms. The van der Waals surface area contributed by atoms with Gasteiger partial charge >= 0.3 is 0 Å². The van der Waals surface area contributed by atoms with Gasteiger partial charge in [-0.25, -0.2) is 4.98 Å². The lowest BCUT2D eigenvalue weighted by atomic mass is 10.00. The van der Waals surface area contributed by atoms with Gasteiger partial charge in [-0.3, -0.25) is 9.20 Å². The van der Waals surface area contributed by atoms with Gasteiger partial charge in [0.2, 0.25) is 0 Å². The normalized spacial score (nSPS) is 14.4. The summed E-state index contributed by atoms with van der Waals surface area (Å²) in [5.41, 5.74) is 3.14. The Morgan fingerprint density at radius 3 is 2.86 bits per heavy atom. The van der Waals surface area contributed by atoms with Crippen molar-refractivity contribution in [2.45, 2.75) is 19.9 Å². The predicted octanol–water partition coefficient (Wildman–Crippen LogP) is 2.90. The van der Waals surface area contributed by atoms with E-state index in [2.05, 4.69) is 23.2 Å². The molecule has 21 heavy (non-hydrogen) atoms. The topological polar surface area (TPSA) is 37.6 Å². The molecule has 4 nitrogen and oxygen atoms in total. The van der Waals surface area contributed by atoms with E-state index in [9.17, 15) is 4.79 Å². The summed E-state index contributed by atoms with van der Waals surface area (Å²) in [5.74, 6) is 0.0260. The third-order valence-corrected chi connectivity index (χ3v) is 4.82. The first-order valence-corrected chi connectivity index (χ1v) is 7.83. The maximum absolute atomic E-state index is 12.6. The summed E-state index contributed by atoms with van der Waals surface area (Å²) in [6.45, 7) is 3.49. The van der Waals surface area contributed by atoms with E-state index in [1.807, 2.05) is 34.7 Å². The van der Waals surface area contributed by atoms with Crippen molar-refractivity contribution in [3.05, 3.63) is 58.4 Å². The van der Waals surface area contributed by atoms with Gasteiger partial charge in [0.05, 0.1) is 0 Å². The Hall–Kier alpha value is -2.14. The first kappa shape index (κ1) is 12.6. The lowest BCUT2D eigenvalue weighted by molar-refractivity contribution is 0.0729. The number of carbonyl (C=O) groups is 1. The summed E-state index contributed by atoms with van der Waals surface area (Å²) in [6, 6.07) is 8.33. The zero-order valence-corrected chi connectivity index (χ0v) is 12.6. The minimum absolute atomic E-state index is 0.0260. The smallest absolute Gasteiger partial charge is 0.274 e. The van der Waals surface area contributed by atoms with Crippen LogP contribution in [0.4, 0.5) is 0 Å². The summed E-state index contributed by atoms with van der Waals surface area (Å²) in [6.07, 6.45) is 4.76. The fourth-order valence-electron chi connectivity index (χ4n) is 2.84. The Balaban J connectivity index is 1.61. The second-order valence-electron chi connectivity index (χ2n) is 5.40. The molecule has 1 aliphatic rings. The molecular formula is C16H15N3OS. The molecule has 2 aromatic heterocycles. The SMILES string of the molecule is Cc1cn2cc(C(=O)N3CCc4ccccc4C3)nc2s1. The Kier molecular flexibility index (Phi) is 2.82. The number of imidazole rings is 1. The van der Waals surface area contributed by atoms with Crippen LogP contribution in [0.2, 0.25) is 0 Å². The number of aryl methyl sites for hydroxylation is 1. The molecule has 3 heterocycles. The largest absolute Gasteiger partial charge is 0.333 e. The standard InChI is InChI=1S/C16H15N3OS/c1-11-8-19-10-14(17-16(19)21-11)15(20)18-7-6-12-4-2-3-5-13(12)9-18/h2-5,8,10H,6-7,9H2,1H3. The number of nitrogens with zero attached hydrogens (tertiary/aromatic N) is 3. The van der Waals surface area contributed by atoms with Gasteiger partial charge in [-0.15, -0.1) is 11.3 Å². The number of amides is 1. The van der Waals surface area contributed by atoms with Gasteiger partial charge in [-0.05, 0) is 24.5 Å². The molecule has 0 saturated heterocycles. The molecule has 3 aromatic rings. The lowest BCUT2D eigenvalue weighted by Gasteiger charge is -2.28. The summed E-state index contributed by atoms with van der Waals surface area (Å²) in [5, 5.41) is 0. The highest BCUT2D eigenvalue weighted by Gasteiger charge is 2.23. The molecule has 0 saturated carbocycles. The second-order valence-corrected chi connectivity index (χ2v) is 6.62. The van der Waals surface area contributed by atoms with Gasteiger partial charge in [-0.1, -0.05) is 24.3 Å². The molecule has 1 aliphatic heterocycles. The third kappa shape index (κ3) is 2.14. The molecule has 1 amide bonds. The van der Waals surface area contributed by atoms with E-state index < -0.39 is 0 Å². The summed E-state index contributed by atoms with van der Waals surface area (Å²) < 4.78 is 1.94. The van der Waals surface area contributed by atoms with Crippen molar-refractivity contribution < 1.29 is 4.79 Å². The van der Waals surface area contributed by atoms with Crippen molar-refractivity contribution in [1.29, 1.82) is 0 Å². The first-order valence-electron chi connectivity index (χ1n) is 7.02. The van der Waals surface area contributed by atoms with Gasteiger partial charge < -0.3 is 4.90 Å². The highest BCUT2D eigenvalue weighted by atomic mass is 32.1. The van der Waals surface area contributed by atoms with Gasteiger partial charge in [-0.2, -0.15) is 0 Å². The van der Waals surface area contributed by atoms with E-state index in [1.165, 1.54) is 16.0 Å². The Morgan fingerprint density at radius 1 is 1.24 bits per heavy atom. The molecule has 0 aliphatic carbocycles. The average Bonchev–Trinajstić information content (AvgIpc) is 3.03. The third-order valence-electron chi connectivity index (χ3n) is 3.91. The molecular weight excluding hydrogens is 282 g/mol. The van der Waals surface area contributed by atoms with Gasteiger partial charge in [0.25, 0.3) is 5.91 Å². The van der Waals surface area contributed by atoms with E-state index in [1.54, 1.807) is 11.3 Å². The van der Waals surface area contributed by atoms with E-state index in [-0.39, 0.29) is 5.91 Å². The van der Waals surface area contributed by atoms with E-state index >= 15 is 0 Å². The quantitative estimate of drug-likeness (QED) is 0.692. The van der Waals surface area contributed by atoms with Crippen LogP contribution >= 0.6 is 11.3 Å². The van der Waals surface area contributed by atoms with E-state index in [4.69, 9.17) is 0 Å². The molecule has 0 spiro atoms. The first-order chi connectivity index (χ1) is 10.2. The summed E-state index contributed by atoms with van der Waals surface area (Å²) >= 11 is 1.61. The fraction of sp³-hybridized carbons (Fsp3) is 0.250. The molecule has 1 aromatic carbocycles. The molecule has 0 N–H and O–H groups in total. The molecule has 0 bridgehead atoms. The van der Waals surface area contributed by atoms with Gasteiger partial charge in [0.15, 0.2) is 4.96 Å². The van der Waals surface area contributed by atoms with Crippen LogP contribution in [0.3, 0.4) is 0 Å². The summed E-state index contributed by atoms with van der Waals surface area (Å²) in [4.78, 5) is 21.0. The molecule has 0 unspecified atom stereocenters. The van der Waals surface area contributed by atoms with Crippen LogP contribution in [0.1, 0.15) is 26.5 Å². The van der Waals surface area contributed by atoms with Gasteiger partial charge in [0, 0.05) is 30.4 Å². The van der Waals surface area contributed by atoms with Crippen molar-refractivity contribution in [1.82, 2.24) is 14.3 Å². The zero-order valence-electron chi connectivity index (χ0n) is 11.7. The van der Waals surface area contributed by atoms with Crippen LogP contribution in [0.25, 0.3) is 4.96 Å². The van der Waals surface area contributed by atoms with Gasteiger partial charge in [0.1, 0.15) is 5.69 Å². The van der Waals surface area contributed by atoms with E-state index in [0.717, 1.165) is 17.9 Å². The van der Waals surface area contributed by atoms with Crippen molar-refractivity contribution in [3.63, 3.8) is 0 Å². The molecule has 106 valence electrons. The van der Waals surface area contributed by atoms with Crippen molar-refractivity contribution in [3.8, 4) is 0 Å². The average molecular weight is 297 g/mol. The molecule has 4 rings (SSSR count). The minimum atomic E-state index is 0.0260. The van der Waals surface area contributed by atoms with Crippen LogP contribution in [0.15, 0.2) is 36.7 Å². The number of rotatable bonds is 1. The number of fused-ring (bicyclic) bond motifs is 2. The molecule has 0 radical (unpaired) electrons. The highest BCUT2D eigenvalue weighted by molar-refractivity contribution is 7.17. The zero-order chi connectivity index (χ0) is 14.4. The van der Waals surface area contributed by atoms with Crippen molar-refractivity contribution in [2.75, 3.05) is 6.54 Å². The van der Waals surface area contributed by atoms with Crippen molar-refractivity contribution >= 4 is 22.2 Å². The lowest BCUT2D eigenvalue weighted by Crippen LogP contribution is -2.36. The van der Waals surface area contributed by atoms with Crippen LogP contribution in [0, 0.1) is 6.92 Å². The number of aromatic nitrogens is 2. The molecule has 0 atom stereocenters. The predicted molar refractivity (Wildman–Crippen MR) is 82.7 cm³/mol. The number of hydrogen-bond acceptors (Lipinski definition) is 3. The van der Waals surface area contributed by atoms with Crippen molar-refractivity contribution in [2.24, 2.45) is 0 Å². The fourth-order valence-corrected chi connectivity index (χ4v) is 3.65. The molecule has 0 fully saturated rings. The van der Waals surface area contributed by atoms with E-state index in [0.29, 0.717) is 12.2 Å². The Bertz CT molecular complexity index is 802. The number of carbonyl (C=O) groups excluding carboxylic acids is 1. The minimum Gasteiger partial charge on any atom is -0.333 e. The van der Waals surface area contributed by atoms with Crippen LogP contribution < -0.4 is 0 Å². The Morgan fingerprint density at radius 2 is 2.05 bits per heavy atom.